The fourth-order valence-corrected chi connectivity index (χ4v) is 2.32. The van der Waals surface area contributed by atoms with Crippen molar-refractivity contribution in [3.05, 3.63) is 45.5 Å². The zero-order valence-electron chi connectivity index (χ0n) is 13.1. The molecule has 1 aliphatic heterocycles. The first-order chi connectivity index (χ1) is 10.2. The molecule has 120 valence electrons. The first-order valence-corrected chi connectivity index (χ1v) is 7.26. The lowest BCUT2D eigenvalue weighted by atomic mass is 9.92. The molecule has 0 bridgehead atoms. The van der Waals surface area contributed by atoms with Gasteiger partial charge < -0.3 is 9.47 Å². The Balaban J connectivity index is 2.04. The Kier molecular flexibility index (Phi) is 4.63. The van der Waals surface area contributed by atoms with Crippen molar-refractivity contribution in [1.82, 2.24) is 0 Å². The molecule has 0 atom stereocenters. The Hall–Kier alpha value is -1.79. The molecule has 1 aliphatic rings. The van der Waals surface area contributed by atoms with Gasteiger partial charge in [-0.1, -0.05) is 24.3 Å². The molecule has 0 aliphatic carbocycles. The van der Waals surface area contributed by atoms with Gasteiger partial charge in [0.1, 0.15) is 13.2 Å². The van der Waals surface area contributed by atoms with E-state index in [1.165, 1.54) is 6.92 Å². The summed E-state index contributed by atoms with van der Waals surface area (Å²) in [6.45, 7) is 5.08. The van der Waals surface area contributed by atoms with E-state index in [2.05, 4.69) is 0 Å². The standard InChI is InChI=1S/C16H21NO5/c1-12(18)14-6-4-13(5-7-14)8-9-16(17(19)20)10-21-15(2,3)22-11-16/h4-7H,8-11H2,1-3H3. The number of hydrogen-bond acceptors (Lipinski definition) is 5. The SMILES string of the molecule is CC(=O)c1ccc(CCC2([N+](=O)[O-])COC(C)(C)OC2)cc1. The van der Waals surface area contributed by atoms with Crippen molar-refractivity contribution < 1.29 is 19.2 Å². The van der Waals surface area contributed by atoms with Crippen molar-refractivity contribution in [2.75, 3.05) is 13.2 Å². The molecule has 0 aromatic heterocycles. The third kappa shape index (κ3) is 3.69. The highest BCUT2D eigenvalue weighted by Crippen LogP contribution is 2.29. The number of ether oxygens (including phenoxy) is 2. The molecule has 0 spiro atoms. The average molecular weight is 307 g/mol. The Labute approximate surface area is 129 Å². The van der Waals surface area contributed by atoms with Gasteiger partial charge in [0.05, 0.1) is 0 Å². The van der Waals surface area contributed by atoms with E-state index in [9.17, 15) is 14.9 Å². The van der Waals surface area contributed by atoms with Crippen LogP contribution in [0.1, 0.15) is 43.1 Å². The summed E-state index contributed by atoms with van der Waals surface area (Å²) in [5.41, 5.74) is 0.379. The normalized spacial score (nSPS) is 19.6. The van der Waals surface area contributed by atoms with E-state index in [4.69, 9.17) is 9.47 Å². The minimum absolute atomic E-state index is 0.00428. The van der Waals surface area contributed by atoms with Gasteiger partial charge >= 0.3 is 0 Å². The van der Waals surface area contributed by atoms with Crippen LogP contribution < -0.4 is 0 Å². The van der Waals surface area contributed by atoms with E-state index >= 15 is 0 Å². The van der Waals surface area contributed by atoms with Gasteiger partial charge in [-0.15, -0.1) is 0 Å². The molecule has 1 fully saturated rings. The molecule has 0 radical (unpaired) electrons. The number of hydrogen-bond donors (Lipinski definition) is 0. The summed E-state index contributed by atoms with van der Waals surface area (Å²) in [6, 6.07) is 7.15. The third-order valence-corrected chi connectivity index (χ3v) is 4.00. The summed E-state index contributed by atoms with van der Waals surface area (Å²) in [6.07, 6.45) is 0.863. The van der Waals surface area contributed by atoms with Crippen molar-refractivity contribution in [3.63, 3.8) is 0 Å². The lowest BCUT2D eigenvalue weighted by Gasteiger charge is -2.37. The number of nitrogens with zero attached hydrogens (tertiary/aromatic N) is 1. The number of benzene rings is 1. The largest absolute Gasteiger partial charge is 0.343 e. The number of carbonyl (C=O) groups excluding carboxylic acids is 1. The molecule has 1 aromatic carbocycles. The van der Waals surface area contributed by atoms with E-state index in [0.29, 0.717) is 18.4 Å². The molecule has 1 saturated heterocycles. The quantitative estimate of drug-likeness (QED) is 0.474. The molecule has 0 unspecified atom stereocenters. The van der Waals surface area contributed by atoms with Gasteiger partial charge in [0.15, 0.2) is 11.6 Å². The zero-order valence-corrected chi connectivity index (χ0v) is 13.1. The summed E-state index contributed by atoms with van der Waals surface area (Å²) in [5.74, 6) is -0.771. The molecule has 6 heteroatoms. The molecule has 6 nitrogen and oxygen atoms in total. The van der Waals surface area contributed by atoms with E-state index in [1.807, 2.05) is 12.1 Å². The van der Waals surface area contributed by atoms with Crippen LogP contribution >= 0.6 is 0 Å². The highest BCUT2D eigenvalue weighted by molar-refractivity contribution is 5.93. The van der Waals surface area contributed by atoms with Gasteiger partial charge in [0.2, 0.25) is 0 Å². The second-order valence-corrected chi connectivity index (χ2v) is 6.21. The second kappa shape index (κ2) is 6.14. The van der Waals surface area contributed by atoms with E-state index in [0.717, 1.165) is 5.56 Å². The summed E-state index contributed by atoms with van der Waals surface area (Å²) >= 11 is 0. The Bertz CT molecular complexity index is 554. The van der Waals surface area contributed by atoms with Crippen LogP contribution in [0, 0.1) is 10.1 Å². The molecule has 1 heterocycles. The van der Waals surface area contributed by atoms with E-state index in [-0.39, 0.29) is 23.9 Å². The van der Waals surface area contributed by atoms with E-state index < -0.39 is 11.3 Å². The Morgan fingerprint density at radius 1 is 1.23 bits per heavy atom. The second-order valence-electron chi connectivity index (χ2n) is 6.21. The maximum Gasteiger partial charge on any atom is 0.268 e. The van der Waals surface area contributed by atoms with Crippen molar-refractivity contribution >= 4 is 5.78 Å². The van der Waals surface area contributed by atoms with Gasteiger partial charge in [-0.05, 0) is 32.8 Å². The minimum Gasteiger partial charge on any atom is -0.343 e. The zero-order chi connectivity index (χ0) is 16.4. The summed E-state index contributed by atoms with van der Waals surface area (Å²) in [5, 5.41) is 11.5. The lowest BCUT2D eigenvalue weighted by Crippen LogP contribution is -2.56. The van der Waals surface area contributed by atoms with Crippen LogP contribution in [0.15, 0.2) is 24.3 Å². The van der Waals surface area contributed by atoms with E-state index in [1.54, 1.807) is 26.0 Å². The van der Waals surface area contributed by atoms with Gasteiger partial charge in [-0.3, -0.25) is 14.9 Å². The number of rotatable bonds is 5. The summed E-state index contributed by atoms with van der Waals surface area (Å²) in [7, 11) is 0. The number of ketones is 1. The first-order valence-electron chi connectivity index (χ1n) is 7.26. The van der Waals surface area contributed by atoms with Crippen LogP contribution in [-0.4, -0.2) is 35.2 Å². The fourth-order valence-electron chi connectivity index (χ4n) is 2.32. The summed E-state index contributed by atoms with van der Waals surface area (Å²) < 4.78 is 10.9. The molecule has 0 N–H and O–H groups in total. The fraction of sp³-hybridized carbons (Fsp3) is 0.562. The van der Waals surface area contributed by atoms with Gasteiger partial charge in [-0.2, -0.15) is 0 Å². The predicted octanol–water partition coefficient (Wildman–Crippen LogP) is 2.62. The Morgan fingerprint density at radius 2 is 1.77 bits per heavy atom. The average Bonchev–Trinajstić information content (AvgIpc) is 2.46. The molecule has 0 saturated carbocycles. The highest BCUT2D eigenvalue weighted by atomic mass is 16.7. The Morgan fingerprint density at radius 3 is 2.23 bits per heavy atom. The monoisotopic (exact) mass is 307 g/mol. The molecular formula is C16H21NO5. The van der Waals surface area contributed by atoms with Crippen LogP contribution in [0.3, 0.4) is 0 Å². The van der Waals surface area contributed by atoms with Crippen molar-refractivity contribution in [1.29, 1.82) is 0 Å². The first kappa shape index (κ1) is 16.6. The van der Waals surface area contributed by atoms with Crippen molar-refractivity contribution in [3.8, 4) is 0 Å². The van der Waals surface area contributed by atoms with Crippen LogP contribution in [0.25, 0.3) is 0 Å². The smallest absolute Gasteiger partial charge is 0.268 e. The molecular weight excluding hydrogens is 286 g/mol. The van der Waals surface area contributed by atoms with Crippen LogP contribution in [0.5, 0.6) is 0 Å². The van der Waals surface area contributed by atoms with Crippen molar-refractivity contribution in [2.24, 2.45) is 0 Å². The lowest BCUT2D eigenvalue weighted by molar-refractivity contribution is -0.596. The summed E-state index contributed by atoms with van der Waals surface area (Å²) in [4.78, 5) is 22.4. The number of carbonyl (C=O) groups is 1. The minimum atomic E-state index is -1.21. The van der Waals surface area contributed by atoms with Crippen LogP contribution in [0.4, 0.5) is 0 Å². The maximum absolute atomic E-state index is 11.5. The third-order valence-electron chi connectivity index (χ3n) is 4.00. The molecule has 1 aromatic rings. The van der Waals surface area contributed by atoms with Crippen LogP contribution in [0.2, 0.25) is 0 Å². The maximum atomic E-state index is 11.5. The number of nitro groups is 1. The number of aryl methyl sites for hydroxylation is 1. The predicted molar refractivity (Wildman–Crippen MR) is 80.5 cm³/mol. The molecule has 0 amide bonds. The van der Waals surface area contributed by atoms with Gasteiger partial charge in [0, 0.05) is 16.9 Å². The topological polar surface area (TPSA) is 78.7 Å². The highest BCUT2D eigenvalue weighted by Gasteiger charge is 2.49. The molecule has 2 rings (SSSR count). The molecule has 22 heavy (non-hydrogen) atoms. The van der Waals surface area contributed by atoms with Crippen molar-refractivity contribution in [2.45, 2.75) is 44.9 Å². The van der Waals surface area contributed by atoms with Crippen LogP contribution in [-0.2, 0) is 15.9 Å². The number of Topliss-reactive ketones (excluding diaryl/α,β-unsaturated/α-hetero) is 1. The van der Waals surface area contributed by atoms with Gasteiger partial charge in [0.25, 0.3) is 5.54 Å². The van der Waals surface area contributed by atoms with Gasteiger partial charge in [-0.25, -0.2) is 0 Å².